The van der Waals surface area contributed by atoms with Crippen LogP contribution in [0.25, 0.3) is 20.2 Å². The Kier molecular flexibility index (Phi) is 2.40. The van der Waals surface area contributed by atoms with E-state index in [1.54, 1.807) is 0 Å². The molecule has 2 aromatic heterocycles. The van der Waals surface area contributed by atoms with Crippen LogP contribution in [-0.4, -0.2) is 0 Å². The van der Waals surface area contributed by atoms with Gasteiger partial charge in [-0.15, -0.1) is 11.3 Å². The summed E-state index contributed by atoms with van der Waals surface area (Å²) in [5, 5.41) is 2.81. The summed E-state index contributed by atoms with van der Waals surface area (Å²) in [4.78, 5) is 0. The summed E-state index contributed by atoms with van der Waals surface area (Å²) >= 11 is 1.91. The Hall–Kier alpha value is -1.41. The minimum absolute atomic E-state index is 1.08. The van der Waals surface area contributed by atoms with Crippen LogP contribution in [0.4, 0.5) is 0 Å². The molecule has 1 nitrogen and oxygen atoms in total. The molecule has 0 bridgehead atoms. The van der Waals surface area contributed by atoms with Crippen molar-refractivity contribution >= 4 is 31.5 Å². The molecule has 0 unspecified atom stereocenters. The van der Waals surface area contributed by atoms with Crippen molar-refractivity contribution in [3.63, 3.8) is 0 Å². The number of benzene rings is 1. The zero-order valence-electron chi connectivity index (χ0n) is 10.4. The molecule has 0 spiro atoms. The van der Waals surface area contributed by atoms with Gasteiger partial charge >= 0.3 is 0 Å². The van der Waals surface area contributed by atoms with Gasteiger partial charge in [0, 0.05) is 28.0 Å². The Morgan fingerprint density at radius 1 is 1.18 bits per heavy atom. The van der Waals surface area contributed by atoms with Gasteiger partial charge in [0.1, 0.15) is 11.7 Å². The first-order valence-electron chi connectivity index (χ1n) is 6.01. The Balaban J connectivity index is 2.51. The molecule has 0 amide bonds. The van der Waals surface area contributed by atoms with Crippen molar-refractivity contribution in [2.45, 2.75) is 20.3 Å². The molecule has 17 heavy (non-hydrogen) atoms. The monoisotopic (exact) mass is 242 g/mol. The van der Waals surface area contributed by atoms with E-state index in [1.807, 2.05) is 11.3 Å². The van der Waals surface area contributed by atoms with Crippen LogP contribution in [0.5, 0.6) is 0 Å². The van der Waals surface area contributed by atoms with Crippen molar-refractivity contribution in [3.8, 4) is 0 Å². The lowest BCUT2D eigenvalue weighted by Gasteiger charge is -1.97. The van der Waals surface area contributed by atoms with E-state index in [9.17, 15) is 0 Å². The molecule has 0 fully saturated rings. The predicted octanol–water partition coefficient (Wildman–Crippen LogP) is 3.75. The molecule has 0 aliphatic heterocycles. The van der Waals surface area contributed by atoms with Gasteiger partial charge in [-0.2, -0.15) is 0 Å². The van der Waals surface area contributed by atoms with Crippen molar-refractivity contribution in [2.24, 2.45) is 7.05 Å². The smallest absolute Gasteiger partial charge is 0.198 e. The lowest BCUT2D eigenvalue weighted by molar-refractivity contribution is -0.677. The third-order valence-corrected chi connectivity index (χ3v) is 4.61. The molecule has 0 atom stereocenters. The average molecular weight is 242 g/mol. The number of rotatable bonds is 1. The number of fused-ring (bicyclic) bond motifs is 3. The second-order valence-electron chi connectivity index (χ2n) is 4.57. The number of hydrogen-bond donors (Lipinski definition) is 0. The number of aryl methyl sites for hydroxylation is 3. The number of thiophene rings is 1. The SMILES string of the molecule is CCc1c2sc3ccc(C)cc3c2cc[n+]1C. The summed E-state index contributed by atoms with van der Waals surface area (Å²) in [5.41, 5.74) is 2.77. The summed E-state index contributed by atoms with van der Waals surface area (Å²) in [6.07, 6.45) is 3.26. The van der Waals surface area contributed by atoms with Gasteiger partial charge in [0.25, 0.3) is 0 Å². The second-order valence-corrected chi connectivity index (χ2v) is 5.62. The van der Waals surface area contributed by atoms with Crippen LogP contribution >= 0.6 is 11.3 Å². The van der Waals surface area contributed by atoms with E-state index in [4.69, 9.17) is 0 Å². The Morgan fingerprint density at radius 2 is 2.00 bits per heavy atom. The molecule has 0 aliphatic rings. The first-order valence-corrected chi connectivity index (χ1v) is 6.82. The van der Waals surface area contributed by atoms with Gasteiger partial charge in [0.2, 0.25) is 0 Å². The van der Waals surface area contributed by atoms with Crippen molar-refractivity contribution < 1.29 is 4.57 Å². The van der Waals surface area contributed by atoms with E-state index in [2.05, 4.69) is 55.9 Å². The molecule has 0 aliphatic carbocycles. The van der Waals surface area contributed by atoms with Crippen molar-refractivity contribution in [2.75, 3.05) is 0 Å². The van der Waals surface area contributed by atoms with Crippen LogP contribution in [0, 0.1) is 6.92 Å². The lowest BCUT2D eigenvalue weighted by atomic mass is 10.1. The fourth-order valence-electron chi connectivity index (χ4n) is 2.46. The van der Waals surface area contributed by atoms with Crippen LogP contribution in [0.2, 0.25) is 0 Å². The average Bonchev–Trinajstić information content (AvgIpc) is 2.67. The van der Waals surface area contributed by atoms with Gasteiger partial charge in [-0.3, -0.25) is 0 Å². The fraction of sp³-hybridized carbons (Fsp3) is 0.267. The van der Waals surface area contributed by atoms with E-state index in [1.165, 1.54) is 31.4 Å². The van der Waals surface area contributed by atoms with Crippen LogP contribution in [0.15, 0.2) is 30.5 Å². The molecule has 0 N–H and O–H groups in total. The van der Waals surface area contributed by atoms with Crippen LogP contribution in [0.3, 0.4) is 0 Å². The first kappa shape index (κ1) is 10.7. The molecule has 3 rings (SSSR count). The topological polar surface area (TPSA) is 3.88 Å². The van der Waals surface area contributed by atoms with Crippen molar-refractivity contribution in [1.82, 2.24) is 0 Å². The highest BCUT2D eigenvalue weighted by Crippen LogP contribution is 2.35. The van der Waals surface area contributed by atoms with E-state index in [-0.39, 0.29) is 0 Å². The molecule has 0 saturated heterocycles. The largest absolute Gasteiger partial charge is 0.204 e. The molecule has 3 aromatic rings. The molecule has 0 radical (unpaired) electrons. The number of nitrogens with zero attached hydrogens (tertiary/aromatic N) is 1. The summed E-state index contributed by atoms with van der Waals surface area (Å²) in [5.74, 6) is 0. The summed E-state index contributed by atoms with van der Waals surface area (Å²) in [6.45, 7) is 4.39. The highest BCUT2D eigenvalue weighted by atomic mass is 32.1. The molecule has 86 valence electrons. The Bertz CT molecular complexity index is 710. The molecule has 0 saturated carbocycles. The zero-order valence-corrected chi connectivity index (χ0v) is 11.3. The minimum Gasteiger partial charge on any atom is -0.204 e. The normalized spacial score (nSPS) is 11.5. The first-order chi connectivity index (χ1) is 8.20. The second kappa shape index (κ2) is 3.81. The Labute approximate surface area is 105 Å². The standard InChI is InChI=1S/C15H16NS/c1-4-13-15-11(7-8-16(13)3)12-9-10(2)5-6-14(12)17-15/h5-9H,4H2,1-3H3/q+1. The van der Waals surface area contributed by atoms with Gasteiger partial charge in [0.05, 0.1) is 0 Å². The van der Waals surface area contributed by atoms with Gasteiger partial charge in [0.15, 0.2) is 11.9 Å². The van der Waals surface area contributed by atoms with E-state index >= 15 is 0 Å². The molecule has 2 heterocycles. The summed E-state index contributed by atoms with van der Waals surface area (Å²) in [7, 11) is 2.13. The van der Waals surface area contributed by atoms with Crippen molar-refractivity contribution in [3.05, 3.63) is 41.7 Å². The zero-order chi connectivity index (χ0) is 12.0. The van der Waals surface area contributed by atoms with Gasteiger partial charge in [-0.25, -0.2) is 4.57 Å². The maximum absolute atomic E-state index is 2.30. The fourth-order valence-corrected chi connectivity index (χ4v) is 3.79. The molecule has 2 heteroatoms. The third kappa shape index (κ3) is 1.55. The summed E-state index contributed by atoms with van der Waals surface area (Å²) < 4.78 is 5.08. The highest BCUT2D eigenvalue weighted by molar-refractivity contribution is 7.26. The van der Waals surface area contributed by atoms with Gasteiger partial charge < -0.3 is 0 Å². The van der Waals surface area contributed by atoms with E-state index < -0.39 is 0 Å². The van der Waals surface area contributed by atoms with Gasteiger partial charge in [-0.05, 0) is 19.1 Å². The van der Waals surface area contributed by atoms with E-state index in [0.29, 0.717) is 0 Å². The minimum atomic E-state index is 1.08. The predicted molar refractivity (Wildman–Crippen MR) is 74.6 cm³/mol. The van der Waals surface area contributed by atoms with Crippen LogP contribution in [0.1, 0.15) is 18.2 Å². The van der Waals surface area contributed by atoms with E-state index in [0.717, 1.165) is 6.42 Å². The number of hydrogen-bond acceptors (Lipinski definition) is 1. The number of aromatic nitrogens is 1. The third-order valence-electron chi connectivity index (χ3n) is 3.37. The molecule has 1 aromatic carbocycles. The number of pyridine rings is 1. The summed E-state index contributed by atoms with van der Waals surface area (Å²) in [6, 6.07) is 8.98. The van der Waals surface area contributed by atoms with Crippen LogP contribution < -0.4 is 4.57 Å². The maximum atomic E-state index is 2.30. The quantitative estimate of drug-likeness (QED) is 0.572. The van der Waals surface area contributed by atoms with Gasteiger partial charge in [-0.1, -0.05) is 18.6 Å². The van der Waals surface area contributed by atoms with Crippen LogP contribution in [-0.2, 0) is 13.5 Å². The Morgan fingerprint density at radius 3 is 2.76 bits per heavy atom. The highest BCUT2D eigenvalue weighted by Gasteiger charge is 2.14. The molecular weight excluding hydrogens is 226 g/mol. The maximum Gasteiger partial charge on any atom is 0.198 e. The molecular formula is C15H16NS+. The van der Waals surface area contributed by atoms with Crippen molar-refractivity contribution in [1.29, 1.82) is 0 Å². The lowest BCUT2D eigenvalue weighted by Crippen LogP contribution is -2.32.